The summed E-state index contributed by atoms with van der Waals surface area (Å²) in [4.78, 5) is 22.8. The topological polar surface area (TPSA) is 58.2 Å². The lowest BCUT2D eigenvalue weighted by molar-refractivity contribution is -0.173. The number of benzene rings is 1. The van der Waals surface area contributed by atoms with Crippen LogP contribution in [0.15, 0.2) is 36.4 Å². The fraction of sp³-hybridized carbons (Fsp3) is 0.444. The molecule has 2 amide bonds. The molecular weight excluding hydrogens is 333 g/mol. The molecular formula is C18H21F3N2O2. The van der Waals surface area contributed by atoms with Crippen molar-refractivity contribution in [3.8, 4) is 0 Å². The number of rotatable bonds is 5. The fourth-order valence-corrected chi connectivity index (χ4v) is 2.78. The maximum Gasteiger partial charge on any atom is 0.471 e. The lowest BCUT2D eigenvalue weighted by Gasteiger charge is -2.17. The minimum Gasteiger partial charge on any atom is -0.344 e. The van der Waals surface area contributed by atoms with E-state index in [2.05, 4.69) is 5.32 Å². The van der Waals surface area contributed by atoms with E-state index in [-0.39, 0.29) is 12.5 Å². The number of carbonyl (C=O) groups is 2. The number of hydrogen-bond donors (Lipinski definition) is 2. The first-order valence-corrected chi connectivity index (χ1v) is 8.28. The molecule has 0 spiro atoms. The average Bonchev–Trinajstić information content (AvgIpc) is 2.58. The van der Waals surface area contributed by atoms with Crippen LogP contribution in [0.2, 0.25) is 0 Å². The average molecular weight is 354 g/mol. The minimum atomic E-state index is -4.91. The largest absolute Gasteiger partial charge is 0.471 e. The van der Waals surface area contributed by atoms with Gasteiger partial charge in [-0.3, -0.25) is 9.59 Å². The van der Waals surface area contributed by atoms with Crippen molar-refractivity contribution in [1.29, 1.82) is 0 Å². The summed E-state index contributed by atoms with van der Waals surface area (Å²) >= 11 is 0. The van der Waals surface area contributed by atoms with E-state index in [1.54, 1.807) is 23.5 Å². The maximum atomic E-state index is 12.2. The SMILES string of the molecule is O=C(/C=C/C1CCCCC1)Nc1cccc(CNC(=O)C(F)(F)F)c1. The third-order valence-electron chi connectivity index (χ3n) is 4.07. The van der Waals surface area contributed by atoms with E-state index in [1.807, 2.05) is 6.08 Å². The minimum absolute atomic E-state index is 0.264. The van der Waals surface area contributed by atoms with Gasteiger partial charge in [-0.25, -0.2) is 0 Å². The summed E-state index contributed by atoms with van der Waals surface area (Å²) in [5.41, 5.74) is 0.934. The van der Waals surface area contributed by atoms with Gasteiger partial charge in [-0.1, -0.05) is 37.5 Å². The van der Waals surface area contributed by atoms with Crippen molar-refractivity contribution < 1.29 is 22.8 Å². The number of alkyl halides is 3. The quantitative estimate of drug-likeness (QED) is 0.787. The molecule has 0 aliphatic heterocycles. The molecule has 1 aromatic carbocycles. The van der Waals surface area contributed by atoms with Crippen LogP contribution in [-0.2, 0) is 16.1 Å². The Hall–Kier alpha value is -2.31. The Morgan fingerprint density at radius 3 is 2.56 bits per heavy atom. The van der Waals surface area contributed by atoms with Gasteiger partial charge in [0.2, 0.25) is 5.91 Å². The van der Waals surface area contributed by atoms with Crippen molar-refractivity contribution in [3.63, 3.8) is 0 Å². The Morgan fingerprint density at radius 2 is 1.88 bits per heavy atom. The van der Waals surface area contributed by atoms with Crippen molar-refractivity contribution in [2.24, 2.45) is 5.92 Å². The molecule has 1 fully saturated rings. The van der Waals surface area contributed by atoms with Crippen LogP contribution in [0.25, 0.3) is 0 Å². The van der Waals surface area contributed by atoms with E-state index in [0.29, 0.717) is 17.2 Å². The predicted octanol–water partition coefficient (Wildman–Crippen LogP) is 3.94. The number of carbonyl (C=O) groups excluding carboxylic acids is 2. The lowest BCUT2D eigenvalue weighted by atomic mass is 9.89. The van der Waals surface area contributed by atoms with Gasteiger partial charge >= 0.3 is 12.1 Å². The molecule has 2 N–H and O–H groups in total. The Balaban J connectivity index is 1.86. The van der Waals surface area contributed by atoms with E-state index in [9.17, 15) is 22.8 Å². The van der Waals surface area contributed by atoms with E-state index in [1.165, 1.54) is 31.4 Å². The number of hydrogen-bond acceptors (Lipinski definition) is 2. The molecule has 0 radical (unpaired) electrons. The van der Waals surface area contributed by atoms with Crippen molar-refractivity contribution in [2.45, 2.75) is 44.8 Å². The molecule has 2 rings (SSSR count). The van der Waals surface area contributed by atoms with E-state index < -0.39 is 12.1 Å². The Bertz CT molecular complexity index is 635. The van der Waals surface area contributed by atoms with Gasteiger partial charge in [0, 0.05) is 12.2 Å². The summed E-state index contributed by atoms with van der Waals surface area (Å²) in [6.07, 6.45) is 4.32. The molecule has 0 bridgehead atoms. The Kier molecular flexibility index (Phi) is 6.61. The van der Waals surface area contributed by atoms with E-state index in [4.69, 9.17) is 0 Å². The zero-order valence-electron chi connectivity index (χ0n) is 13.7. The summed E-state index contributed by atoms with van der Waals surface area (Å²) in [5.74, 6) is -1.83. The zero-order valence-corrected chi connectivity index (χ0v) is 13.7. The van der Waals surface area contributed by atoms with Crippen molar-refractivity contribution in [2.75, 3.05) is 5.32 Å². The predicted molar refractivity (Wildman–Crippen MR) is 88.7 cm³/mol. The molecule has 1 aliphatic carbocycles. The normalized spacial score (nSPS) is 16.0. The van der Waals surface area contributed by atoms with Gasteiger partial charge < -0.3 is 10.6 Å². The summed E-state index contributed by atoms with van der Waals surface area (Å²) in [6, 6.07) is 6.35. The third kappa shape index (κ3) is 6.60. The molecule has 0 heterocycles. The zero-order chi connectivity index (χ0) is 18.3. The van der Waals surface area contributed by atoms with Crippen LogP contribution >= 0.6 is 0 Å². The second kappa shape index (κ2) is 8.69. The standard InChI is InChI=1S/C18H21F3N2O2/c19-18(20,21)17(25)22-12-14-7-4-8-15(11-14)23-16(24)10-9-13-5-2-1-3-6-13/h4,7-11,13H,1-3,5-6,12H2,(H,22,25)(H,23,24)/b10-9+. The molecule has 4 nitrogen and oxygen atoms in total. The molecule has 1 aliphatic rings. The maximum absolute atomic E-state index is 12.2. The van der Waals surface area contributed by atoms with Gasteiger partial charge in [0.1, 0.15) is 0 Å². The van der Waals surface area contributed by atoms with Crippen LogP contribution < -0.4 is 10.6 Å². The first-order chi connectivity index (χ1) is 11.8. The molecule has 7 heteroatoms. The third-order valence-corrected chi connectivity index (χ3v) is 4.07. The number of anilines is 1. The monoisotopic (exact) mass is 354 g/mol. The molecule has 0 saturated heterocycles. The summed E-state index contributed by atoms with van der Waals surface area (Å²) in [5, 5.41) is 4.48. The van der Waals surface area contributed by atoms with Crippen molar-refractivity contribution in [1.82, 2.24) is 5.32 Å². The fourth-order valence-electron chi connectivity index (χ4n) is 2.78. The number of halogens is 3. The summed E-state index contributed by atoms with van der Waals surface area (Å²) in [7, 11) is 0. The van der Waals surface area contributed by atoms with Crippen LogP contribution in [0.3, 0.4) is 0 Å². The highest BCUT2D eigenvalue weighted by atomic mass is 19.4. The lowest BCUT2D eigenvalue weighted by Crippen LogP contribution is -2.36. The molecule has 0 atom stereocenters. The van der Waals surface area contributed by atoms with Gasteiger partial charge in [0.05, 0.1) is 0 Å². The second-order valence-corrected chi connectivity index (χ2v) is 6.13. The first kappa shape index (κ1) is 19.0. The van der Waals surface area contributed by atoms with Gasteiger partial charge in [0.25, 0.3) is 0 Å². The Morgan fingerprint density at radius 1 is 1.16 bits per heavy atom. The van der Waals surface area contributed by atoms with E-state index in [0.717, 1.165) is 12.8 Å². The molecule has 1 aromatic rings. The smallest absolute Gasteiger partial charge is 0.344 e. The van der Waals surface area contributed by atoms with Crippen LogP contribution in [0, 0.1) is 5.92 Å². The van der Waals surface area contributed by atoms with Gasteiger partial charge in [-0.2, -0.15) is 13.2 Å². The van der Waals surface area contributed by atoms with Crippen LogP contribution in [0.1, 0.15) is 37.7 Å². The summed E-state index contributed by atoms with van der Waals surface area (Å²) in [6.45, 7) is -0.264. The molecule has 1 saturated carbocycles. The van der Waals surface area contributed by atoms with Crippen LogP contribution in [0.5, 0.6) is 0 Å². The van der Waals surface area contributed by atoms with Crippen LogP contribution in [0.4, 0.5) is 18.9 Å². The van der Waals surface area contributed by atoms with Gasteiger partial charge in [-0.05, 0) is 42.5 Å². The molecule has 25 heavy (non-hydrogen) atoms. The highest BCUT2D eigenvalue weighted by Gasteiger charge is 2.38. The van der Waals surface area contributed by atoms with Gasteiger partial charge in [0.15, 0.2) is 0 Å². The molecule has 0 unspecified atom stereocenters. The number of amides is 2. The second-order valence-electron chi connectivity index (χ2n) is 6.13. The first-order valence-electron chi connectivity index (χ1n) is 8.28. The van der Waals surface area contributed by atoms with Crippen molar-refractivity contribution in [3.05, 3.63) is 42.0 Å². The van der Waals surface area contributed by atoms with Gasteiger partial charge in [-0.15, -0.1) is 0 Å². The number of allylic oxidation sites excluding steroid dienone is 1. The molecule has 136 valence electrons. The van der Waals surface area contributed by atoms with E-state index >= 15 is 0 Å². The Labute approximate surface area is 144 Å². The molecule has 0 aromatic heterocycles. The highest BCUT2D eigenvalue weighted by molar-refractivity contribution is 5.99. The summed E-state index contributed by atoms with van der Waals surface area (Å²) < 4.78 is 36.5. The highest BCUT2D eigenvalue weighted by Crippen LogP contribution is 2.24. The van der Waals surface area contributed by atoms with Crippen molar-refractivity contribution >= 4 is 17.5 Å². The van der Waals surface area contributed by atoms with Crippen LogP contribution in [-0.4, -0.2) is 18.0 Å². The number of nitrogens with one attached hydrogen (secondary N) is 2.